The molecule has 0 aliphatic carbocycles. The topological polar surface area (TPSA) is 88.0 Å². The number of carbonyl (C=O) groups excluding carboxylic acids is 1. The van der Waals surface area contributed by atoms with E-state index in [2.05, 4.69) is 22.5 Å². The second kappa shape index (κ2) is 13.4. The summed E-state index contributed by atoms with van der Waals surface area (Å²) in [7, 11) is 3.28. The smallest absolute Gasteiger partial charge is 0.406 e. The third kappa shape index (κ3) is 7.86. The highest BCUT2D eigenvalue weighted by molar-refractivity contribution is 5.94. The molecule has 42 heavy (non-hydrogen) atoms. The van der Waals surface area contributed by atoms with Crippen molar-refractivity contribution in [2.45, 2.75) is 44.4 Å². The molecule has 12 heteroatoms. The summed E-state index contributed by atoms with van der Waals surface area (Å²) in [5, 5.41) is 16.1. The van der Waals surface area contributed by atoms with Crippen LogP contribution in [0.15, 0.2) is 42.5 Å². The molecule has 0 radical (unpaired) electrons. The van der Waals surface area contributed by atoms with Crippen molar-refractivity contribution in [3.8, 4) is 17.6 Å². The number of rotatable bonds is 9. The second-order valence-corrected chi connectivity index (χ2v) is 10.3. The van der Waals surface area contributed by atoms with Crippen molar-refractivity contribution >= 4 is 28.2 Å². The molecule has 3 N–H and O–H groups in total. The van der Waals surface area contributed by atoms with E-state index in [1.807, 2.05) is 11.9 Å². The minimum Gasteiger partial charge on any atom is -0.495 e. The van der Waals surface area contributed by atoms with E-state index >= 15 is 0 Å². The highest BCUT2D eigenvalue weighted by Gasteiger charge is 2.31. The molecule has 3 aromatic rings. The summed E-state index contributed by atoms with van der Waals surface area (Å²) in [6.07, 6.45) is -5.81. The molecule has 0 amide bonds. The largest absolute Gasteiger partial charge is 0.495 e. The number of fused-ring (bicyclic) bond motifs is 1. The van der Waals surface area contributed by atoms with E-state index in [0.29, 0.717) is 41.0 Å². The molecule has 1 aliphatic heterocycles. The van der Waals surface area contributed by atoms with E-state index in [1.165, 1.54) is 26.2 Å². The Kier molecular flexibility index (Phi) is 9.85. The number of halogens is 4. The number of hydrogen-bond donors (Lipinski definition) is 3. The number of piperidine rings is 1. The molecule has 0 saturated carbocycles. The number of ether oxygens (including phenoxy) is 2. The van der Waals surface area contributed by atoms with Gasteiger partial charge in [0, 0.05) is 24.2 Å². The van der Waals surface area contributed by atoms with Crippen LogP contribution in [0.1, 0.15) is 29.4 Å². The zero-order valence-electron chi connectivity index (χ0n) is 23.6. The Morgan fingerprint density at radius 3 is 2.69 bits per heavy atom. The Morgan fingerprint density at radius 1 is 1.21 bits per heavy atom. The maximum absolute atomic E-state index is 14.7. The molecule has 1 aromatic heterocycles. The highest BCUT2D eigenvalue weighted by Crippen LogP contribution is 2.32. The quantitative estimate of drug-likeness (QED) is 0.190. The minimum absolute atomic E-state index is 0.0694. The summed E-state index contributed by atoms with van der Waals surface area (Å²) in [4.78, 5) is 14.1. The molecule has 2 aromatic carbocycles. The van der Waals surface area contributed by atoms with E-state index in [0.717, 1.165) is 4.57 Å². The molecule has 4 rings (SSSR count). The summed E-state index contributed by atoms with van der Waals surface area (Å²) in [5.74, 6) is 5.42. The van der Waals surface area contributed by atoms with Crippen LogP contribution in [-0.2, 0) is 11.3 Å². The number of benzene rings is 2. The SMILES string of the molecule is COc1cc(C(=O)OC[C@@H](C)O)ccc1NCC#Cc1cc2c(N[C@H]3CCN(C)C[C@H]3F)cccc2n1CC(F)(F)F. The van der Waals surface area contributed by atoms with Gasteiger partial charge in [-0.1, -0.05) is 12.0 Å². The maximum Gasteiger partial charge on any atom is 0.406 e. The lowest BCUT2D eigenvalue weighted by Crippen LogP contribution is -2.46. The number of aromatic nitrogens is 1. The summed E-state index contributed by atoms with van der Waals surface area (Å²) in [5.41, 5.74) is 1.81. The van der Waals surface area contributed by atoms with Crippen LogP contribution >= 0.6 is 0 Å². The van der Waals surface area contributed by atoms with Crippen molar-refractivity contribution in [3.05, 3.63) is 53.7 Å². The van der Waals surface area contributed by atoms with Crippen molar-refractivity contribution in [2.24, 2.45) is 0 Å². The minimum atomic E-state index is -4.48. The lowest BCUT2D eigenvalue weighted by atomic mass is 10.0. The Bertz CT molecular complexity index is 1460. The number of carbonyl (C=O) groups is 1. The molecular formula is C30H34F4N4O4. The Labute approximate surface area is 241 Å². The van der Waals surface area contributed by atoms with Gasteiger partial charge in [0.05, 0.1) is 48.3 Å². The van der Waals surface area contributed by atoms with Crippen molar-refractivity contribution in [3.63, 3.8) is 0 Å². The average molecular weight is 591 g/mol. The summed E-state index contributed by atoms with van der Waals surface area (Å²) in [6, 6.07) is 10.7. The van der Waals surface area contributed by atoms with Crippen LogP contribution in [-0.4, -0.2) is 85.4 Å². The number of nitrogens with zero attached hydrogens (tertiary/aromatic N) is 2. The third-order valence-corrected chi connectivity index (χ3v) is 6.85. The van der Waals surface area contributed by atoms with Crippen LogP contribution in [0.3, 0.4) is 0 Å². The lowest BCUT2D eigenvalue weighted by molar-refractivity contribution is -0.140. The summed E-state index contributed by atoms with van der Waals surface area (Å²) in [6.45, 7) is 1.20. The van der Waals surface area contributed by atoms with Gasteiger partial charge in [-0.2, -0.15) is 13.2 Å². The number of esters is 1. The lowest BCUT2D eigenvalue weighted by Gasteiger charge is -2.33. The molecule has 0 bridgehead atoms. The number of aliphatic hydroxyl groups is 1. The van der Waals surface area contributed by atoms with Gasteiger partial charge in [-0.15, -0.1) is 0 Å². The van der Waals surface area contributed by atoms with E-state index in [4.69, 9.17) is 9.47 Å². The molecule has 8 nitrogen and oxygen atoms in total. The Balaban J connectivity index is 1.54. The number of hydrogen-bond acceptors (Lipinski definition) is 7. The maximum atomic E-state index is 14.7. The fourth-order valence-corrected chi connectivity index (χ4v) is 4.80. The summed E-state index contributed by atoms with van der Waals surface area (Å²) < 4.78 is 66.8. The average Bonchev–Trinajstić information content (AvgIpc) is 3.27. The van der Waals surface area contributed by atoms with Crippen LogP contribution in [0.4, 0.5) is 28.9 Å². The predicted molar refractivity (Wildman–Crippen MR) is 153 cm³/mol. The monoisotopic (exact) mass is 590 g/mol. The van der Waals surface area contributed by atoms with Crippen molar-refractivity contribution in [2.75, 3.05) is 51.0 Å². The van der Waals surface area contributed by atoms with Gasteiger partial charge in [0.25, 0.3) is 0 Å². The van der Waals surface area contributed by atoms with Gasteiger partial charge >= 0.3 is 12.1 Å². The van der Waals surface area contributed by atoms with E-state index in [1.54, 1.807) is 30.3 Å². The van der Waals surface area contributed by atoms with Crippen LogP contribution in [0.2, 0.25) is 0 Å². The van der Waals surface area contributed by atoms with Gasteiger partial charge in [0.15, 0.2) is 0 Å². The second-order valence-electron chi connectivity index (χ2n) is 10.3. The first-order valence-electron chi connectivity index (χ1n) is 13.5. The first-order valence-corrected chi connectivity index (χ1v) is 13.5. The van der Waals surface area contributed by atoms with Crippen molar-refractivity contribution in [1.82, 2.24) is 9.47 Å². The van der Waals surface area contributed by atoms with Gasteiger partial charge < -0.3 is 34.7 Å². The number of aliphatic hydroxyl groups excluding tert-OH is 1. The molecular weight excluding hydrogens is 556 g/mol. The third-order valence-electron chi connectivity index (χ3n) is 6.85. The predicted octanol–water partition coefficient (Wildman–Crippen LogP) is 4.67. The van der Waals surface area contributed by atoms with Gasteiger partial charge in [-0.05, 0) is 62.7 Å². The first kappa shape index (κ1) is 31.0. The zero-order valence-corrected chi connectivity index (χ0v) is 23.6. The number of methoxy groups -OCH3 is 1. The molecule has 0 spiro atoms. The molecule has 1 saturated heterocycles. The van der Waals surface area contributed by atoms with Crippen molar-refractivity contribution < 1.29 is 36.9 Å². The fourth-order valence-electron chi connectivity index (χ4n) is 4.80. The molecule has 226 valence electrons. The van der Waals surface area contributed by atoms with E-state index in [9.17, 15) is 27.5 Å². The van der Waals surface area contributed by atoms with Crippen LogP contribution < -0.4 is 15.4 Å². The first-order chi connectivity index (χ1) is 19.9. The van der Waals surface area contributed by atoms with Gasteiger partial charge in [-0.25, -0.2) is 9.18 Å². The molecule has 1 fully saturated rings. The van der Waals surface area contributed by atoms with Gasteiger partial charge in [0.2, 0.25) is 0 Å². The number of anilines is 2. The summed E-state index contributed by atoms with van der Waals surface area (Å²) >= 11 is 0. The fraction of sp³-hybridized carbons (Fsp3) is 0.433. The van der Waals surface area contributed by atoms with Crippen LogP contribution in [0.25, 0.3) is 10.9 Å². The van der Waals surface area contributed by atoms with Gasteiger partial charge in [0.1, 0.15) is 25.1 Å². The number of alkyl halides is 4. The Morgan fingerprint density at radius 2 is 2.00 bits per heavy atom. The zero-order chi connectivity index (χ0) is 30.4. The highest BCUT2D eigenvalue weighted by atomic mass is 19.4. The molecule has 0 unspecified atom stereocenters. The number of nitrogens with one attached hydrogen (secondary N) is 2. The van der Waals surface area contributed by atoms with E-state index in [-0.39, 0.29) is 31.0 Å². The van der Waals surface area contributed by atoms with E-state index < -0.39 is 37.0 Å². The molecule has 2 heterocycles. The van der Waals surface area contributed by atoms with Crippen LogP contribution in [0, 0.1) is 11.8 Å². The molecule has 3 atom stereocenters. The Hall–Kier alpha value is -3.95. The molecule has 1 aliphatic rings. The van der Waals surface area contributed by atoms with Gasteiger partial charge in [-0.3, -0.25) is 0 Å². The standard InChI is InChI=1S/C30H34F4N4O4/c1-19(39)17-42-29(40)20-9-10-26(28(14-20)41-3)35-12-5-6-21-15-22-24(36-25-11-13-37(2)16-23(25)31)7-4-8-27(22)38(21)18-30(32,33)34/h4,7-10,14-15,19,23,25,35-36,39H,11-13,16-18H2,1-3H3/t19-,23-,25+/m1/s1. The van der Waals surface area contributed by atoms with Crippen molar-refractivity contribution in [1.29, 1.82) is 0 Å². The normalized spacial score (nSPS) is 18.2. The number of likely N-dealkylation sites (tertiary alicyclic amines) is 1. The van der Waals surface area contributed by atoms with Crippen LogP contribution in [0.5, 0.6) is 5.75 Å².